The van der Waals surface area contributed by atoms with Crippen molar-refractivity contribution in [1.82, 2.24) is 10.2 Å². The Kier molecular flexibility index (Phi) is 10.5. The van der Waals surface area contributed by atoms with Gasteiger partial charge in [-0.3, -0.25) is 24.0 Å². The molecule has 218 valence electrons. The highest BCUT2D eigenvalue weighted by atomic mass is 32.2. The van der Waals surface area contributed by atoms with E-state index in [0.29, 0.717) is 6.42 Å². The molecule has 1 N–H and O–H groups in total. The Morgan fingerprint density at radius 1 is 1.15 bits per heavy atom. The second-order valence-electron chi connectivity index (χ2n) is 10.2. The predicted octanol–water partition coefficient (Wildman–Crippen LogP) is 3.93. The maximum Gasteiger partial charge on any atom is 0.271 e. The summed E-state index contributed by atoms with van der Waals surface area (Å²) < 4.78 is 31.9. The van der Waals surface area contributed by atoms with Crippen LogP contribution < -0.4 is 14.4 Å². The van der Waals surface area contributed by atoms with Crippen molar-refractivity contribution in [3.63, 3.8) is 0 Å². The smallest absolute Gasteiger partial charge is 0.271 e. The average molecular weight is 575 g/mol. The van der Waals surface area contributed by atoms with E-state index in [1.807, 2.05) is 31.2 Å². The van der Waals surface area contributed by atoms with Gasteiger partial charge >= 0.3 is 0 Å². The van der Waals surface area contributed by atoms with Gasteiger partial charge in [0.1, 0.15) is 24.0 Å². The summed E-state index contributed by atoms with van der Waals surface area (Å²) in [4.78, 5) is 39.6. The van der Waals surface area contributed by atoms with E-state index >= 15 is 0 Å². The molecule has 0 bridgehead atoms. The summed E-state index contributed by atoms with van der Waals surface area (Å²) in [5, 5.41) is 14.5. The summed E-state index contributed by atoms with van der Waals surface area (Å²) in [6, 6.07) is 10.3. The van der Waals surface area contributed by atoms with Crippen molar-refractivity contribution in [2.45, 2.75) is 71.0 Å². The van der Waals surface area contributed by atoms with E-state index in [1.54, 1.807) is 6.92 Å². The highest BCUT2D eigenvalue weighted by Gasteiger charge is 2.34. The van der Waals surface area contributed by atoms with E-state index in [-0.39, 0.29) is 35.6 Å². The molecule has 1 atom stereocenters. The SMILES string of the molecule is CC[C@H](C(=O)NC1CCCCC1)N(Cc1cccc(C)c1)C(=O)CN(c1cc([N+](=O)[O-])ccc1OC)S(C)(=O)=O. The Balaban J connectivity index is 2.00. The van der Waals surface area contributed by atoms with Crippen LogP contribution in [-0.4, -0.2) is 62.0 Å². The lowest BCUT2D eigenvalue weighted by Crippen LogP contribution is -2.54. The standard InChI is InChI=1S/C28H38N4O7S/c1-5-24(28(34)29-22-12-7-6-8-13-22)30(18-21-11-9-10-20(2)16-21)27(33)19-31(40(4,37)38)25-17-23(32(35)36)14-15-26(25)39-3/h9-11,14-17,22,24H,5-8,12-13,18-19H2,1-4H3,(H,29,34)/t24-/m1/s1. The normalized spacial score (nSPS) is 14.7. The van der Waals surface area contributed by atoms with Crippen molar-refractivity contribution in [3.8, 4) is 5.75 Å². The van der Waals surface area contributed by atoms with Crippen LogP contribution >= 0.6 is 0 Å². The van der Waals surface area contributed by atoms with Gasteiger partial charge in [0, 0.05) is 24.7 Å². The number of carbonyl (C=O) groups excluding carboxylic acids is 2. The average Bonchev–Trinajstić information content (AvgIpc) is 2.91. The molecule has 0 saturated heterocycles. The number of nitrogens with one attached hydrogen (secondary N) is 1. The molecule has 0 radical (unpaired) electrons. The molecule has 0 spiro atoms. The Hall–Kier alpha value is -3.67. The van der Waals surface area contributed by atoms with Crippen LogP contribution in [-0.2, 0) is 26.2 Å². The number of non-ortho nitro benzene ring substituents is 1. The fourth-order valence-corrected chi connectivity index (χ4v) is 5.90. The largest absolute Gasteiger partial charge is 0.495 e. The van der Waals surface area contributed by atoms with Crippen LogP contribution in [0, 0.1) is 17.0 Å². The summed E-state index contributed by atoms with van der Waals surface area (Å²) in [5.74, 6) is -0.850. The van der Waals surface area contributed by atoms with E-state index in [2.05, 4.69) is 5.32 Å². The second kappa shape index (κ2) is 13.6. The van der Waals surface area contributed by atoms with Gasteiger partial charge in [-0.1, -0.05) is 56.0 Å². The number of benzene rings is 2. The third-order valence-corrected chi connectivity index (χ3v) is 8.22. The fourth-order valence-electron chi connectivity index (χ4n) is 5.05. The first-order valence-corrected chi connectivity index (χ1v) is 15.2. The maximum absolute atomic E-state index is 13.9. The molecule has 2 aromatic carbocycles. The third kappa shape index (κ3) is 7.93. The van der Waals surface area contributed by atoms with Crippen LogP contribution in [0.1, 0.15) is 56.6 Å². The van der Waals surface area contributed by atoms with Crippen molar-refractivity contribution in [2.75, 3.05) is 24.2 Å². The second-order valence-corrected chi connectivity index (χ2v) is 12.1. The molecule has 0 aromatic heterocycles. The van der Waals surface area contributed by atoms with Crippen molar-refractivity contribution in [1.29, 1.82) is 0 Å². The summed E-state index contributed by atoms with van der Waals surface area (Å²) >= 11 is 0. The minimum atomic E-state index is -4.09. The van der Waals surface area contributed by atoms with Gasteiger partial charge in [-0.2, -0.15) is 0 Å². The van der Waals surface area contributed by atoms with Gasteiger partial charge in [0.2, 0.25) is 21.8 Å². The number of sulfonamides is 1. The van der Waals surface area contributed by atoms with Gasteiger partial charge in [-0.25, -0.2) is 8.42 Å². The van der Waals surface area contributed by atoms with E-state index < -0.39 is 33.4 Å². The number of aryl methyl sites for hydroxylation is 1. The van der Waals surface area contributed by atoms with Crippen molar-refractivity contribution in [3.05, 3.63) is 63.7 Å². The zero-order chi connectivity index (χ0) is 29.4. The van der Waals surface area contributed by atoms with Crippen LogP contribution in [0.15, 0.2) is 42.5 Å². The molecule has 1 saturated carbocycles. The number of carbonyl (C=O) groups is 2. The molecule has 40 heavy (non-hydrogen) atoms. The van der Waals surface area contributed by atoms with Crippen molar-refractivity contribution >= 4 is 33.2 Å². The van der Waals surface area contributed by atoms with Crippen molar-refractivity contribution in [2.24, 2.45) is 0 Å². The summed E-state index contributed by atoms with van der Waals surface area (Å²) in [6.07, 6.45) is 6.17. The topological polar surface area (TPSA) is 139 Å². The summed E-state index contributed by atoms with van der Waals surface area (Å²) in [6.45, 7) is 3.14. The molecule has 1 aliphatic rings. The van der Waals surface area contributed by atoms with E-state index in [9.17, 15) is 28.1 Å². The highest BCUT2D eigenvalue weighted by molar-refractivity contribution is 7.92. The molecule has 2 aromatic rings. The predicted molar refractivity (Wildman–Crippen MR) is 153 cm³/mol. The first-order chi connectivity index (χ1) is 18.9. The number of hydrogen-bond acceptors (Lipinski definition) is 7. The lowest BCUT2D eigenvalue weighted by Gasteiger charge is -2.34. The Labute approximate surface area is 235 Å². The highest BCUT2D eigenvalue weighted by Crippen LogP contribution is 2.34. The number of hydrogen-bond donors (Lipinski definition) is 1. The first-order valence-electron chi connectivity index (χ1n) is 13.4. The first kappa shape index (κ1) is 30.9. The van der Waals surface area contributed by atoms with E-state index in [4.69, 9.17) is 4.74 Å². The number of rotatable bonds is 12. The van der Waals surface area contributed by atoms with Crippen molar-refractivity contribution < 1.29 is 27.7 Å². The van der Waals surface area contributed by atoms with Gasteiger partial charge in [0.25, 0.3) is 5.69 Å². The third-order valence-electron chi connectivity index (χ3n) is 7.09. The number of amides is 2. The molecule has 0 unspecified atom stereocenters. The van der Waals surface area contributed by atoms with Crippen LogP contribution in [0.2, 0.25) is 0 Å². The summed E-state index contributed by atoms with van der Waals surface area (Å²) in [7, 11) is -2.79. The lowest BCUT2D eigenvalue weighted by atomic mass is 9.95. The number of methoxy groups -OCH3 is 1. The molecule has 0 heterocycles. The van der Waals surface area contributed by atoms with Crippen LogP contribution in [0.5, 0.6) is 5.75 Å². The molecule has 1 aliphatic carbocycles. The molecule has 2 amide bonds. The number of nitrogens with zero attached hydrogens (tertiary/aromatic N) is 3. The minimum absolute atomic E-state index is 0.0351. The fraction of sp³-hybridized carbons (Fsp3) is 0.500. The molecule has 11 nitrogen and oxygen atoms in total. The molecular weight excluding hydrogens is 536 g/mol. The molecular formula is C28H38N4O7S. The zero-order valence-electron chi connectivity index (χ0n) is 23.5. The Bertz CT molecular complexity index is 1330. The van der Waals surface area contributed by atoms with E-state index in [0.717, 1.165) is 59.9 Å². The minimum Gasteiger partial charge on any atom is -0.495 e. The van der Waals surface area contributed by atoms with Gasteiger partial charge in [0.05, 0.1) is 18.3 Å². The summed E-state index contributed by atoms with van der Waals surface area (Å²) in [5.41, 5.74) is 1.27. The molecule has 1 fully saturated rings. The number of nitro groups is 1. The van der Waals surface area contributed by atoms with Gasteiger partial charge in [-0.15, -0.1) is 0 Å². The maximum atomic E-state index is 13.9. The lowest BCUT2D eigenvalue weighted by molar-refractivity contribution is -0.384. The Morgan fingerprint density at radius 2 is 1.85 bits per heavy atom. The molecule has 3 rings (SSSR count). The molecule has 0 aliphatic heterocycles. The number of ether oxygens (including phenoxy) is 1. The van der Waals surface area contributed by atoms with Gasteiger partial charge in [-0.05, 0) is 37.8 Å². The van der Waals surface area contributed by atoms with Gasteiger partial charge < -0.3 is 15.0 Å². The van der Waals surface area contributed by atoms with Gasteiger partial charge in [0.15, 0.2) is 0 Å². The number of anilines is 1. The number of nitro benzene ring substituents is 1. The quantitative estimate of drug-likeness (QED) is 0.299. The monoisotopic (exact) mass is 574 g/mol. The van der Waals surface area contributed by atoms with Crippen LogP contribution in [0.4, 0.5) is 11.4 Å². The van der Waals surface area contributed by atoms with E-state index in [1.165, 1.54) is 24.1 Å². The van der Waals surface area contributed by atoms with Crippen LogP contribution in [0.3, 0.4) is 0 Å². The Morgan fingerprint density at radius 3 is 2.42 bits per heavy atom. The zero-order valence-corrected chi connectivity index (χ0v) is 24.3. The molecule has 12 heteroatoms. The van der Waals surface area contributed by atoms with Crippen LogP contribution in [0.25, 0.3) is 0 Å².